The molecular formula is C20H22F3N5O. The Morgan fingerprint density at radius 2 is 1.97 bits per heavy atom. The number of hydrogen-bond acceptors (Lipinski definition) is 4. The Kier molecular flexibility index (Phi) is 3.95. The minimum absolute atomic E-state index is 0.0908. The number of aromatic nitrogens is 3. The number of likely N-dealkylation sites (tertiary alicyclic amines) is 1. The molecule has 2 aliphatic carbocycles. The van der Waals surface area contributed by atoms with E-state index in [1.807, 2.05) is 11.1 Å². The number of fused-ring (bicyclic) bond motifs is 1. The van der Waals surface area contributed by atoms with Gasteiger partial charge in [0.25, 0.3) is 0 Å². The van der Waals surface area contributed by atoms with Crippen LogP contribution in [0.2, 0.25) is 0 Å². The maximum atomic E-state index is 13.2. The van der Waals surface area contributed by atoms with Crippen molar-refractivity contribution in [3.8, 4) is 11.3 Å². The summed E-state index contributed by atoms with van der Waals surface area (Å²) in [6.07, 6.45) is 1.81. The number of halogens is 3. The Morgan fingerprint density at radius 3 is 2.55 bits per heavy atom. The summed E-state index contributed by atoms with van der Waals surface area (Å²) in [6.45, 7) is 3.06. The Balaban J connectivity index is 1.46. The van der Waals surface area contributed by atoms with E-state index < -0.39 is 17.6 Å². The average Bonchev–Trinajstić information content (AvgIpc) is 3.49. The maximum absolute atomic E-state index is 13.2. The van der Waals surface area contributed by atoms with Crippen LogP contribution in [0.4, 0.5) is 19.0 Å². The number of piperidine rings is 1. The quantitative estimate of drug-likeness (QED) is 0.848. The molecule has 1 saturated heterocycles. The number of nitrogens with two attached hydrogens (primary N) is 1. The van der Waals surface area contributed by atoms with Gasteiger partial charge >= 0.3 is 6.18 Å². The fourth-order valence-electron chi connectivity index (χ4n) is 4.57. The molecule has 2 N–H and O–H groups in total. The second kappa shape index (κ2) is 6.21. The van der Waals surface area contributed by atoms with E-state index in [1.165, 1.54) is 19.0 Å². The molecule has 0 bridgehead atoms. The van der Waals surface area contributed by atoms with Gasteiger partial charge in [0.2, 0.25) is 5.91 Å². The van der Waals surface area contributed by atoms with Crippen LogP contribution in [-0.2, 0) is 17.4 Å². The van der Waals surface area contributed by atoms with Crippen molar-refractivity contribution in [1.29, 1.82) is 0 Å². The number of rotatable bonds is 4. The molecule has 1 aliphatic heterocycles. The first kappa shape index (κ1) is 18.4. The van der Waals surface area contributed by atoms with Crippen LogP contribution < -0.4 is 5.73 Å². The number of amides is 1. The number of hydrogen-bond donors (Lipinski definition) is 1. The fourth-order valence-corrected chi connectivity index (χ4v) is 4.57. The van der Waals surface area contributed by atoms with E-state index in [4.69, 9.17) is 10.7 Å². The standard InChI is InChI=1S/C20H22F3N5O/c1-10(29)27-7-13-14(8-27)18(13)28-9-16(26-17(28)4-11-2-3-11)12-5-15(20(21,22)23)19(24)25-6-12/h5-6,9,11,13-14,18H,2-4,7-8H2,1H3,(H2,24,25)/t13-,14+,18-. The topological polar surface area (TPSA) is 77.0 Å². The summed E-state index contributed by atoms with van der Waals surface area (Å²) in [7, 11) is 0. The van der Waals surface area contributed by atoms with E-state index in [0.29, 0.717) is 29.0 Å². The predicted molar refractivity (Wildman–Crippen MR) is 99.6 cm³/mol. The summed E-state index contributed by atoms with van der Waals surface area (Å²) in [5, 5.41) is 0. The van der Waals surface area contributed by atoms with Crippen LogP contribution in [0, 0.1) is 17.8 Å². The van der Waals surface area contributed by atoms with E-state index in [1.54, 1.807) is 6.92 Å². The van der Waals surface area contributed by atoms with Crippen molar-refractivity contribution in [3.63, 3.8) is 0 Å². The molecule has 2 aromatic rings. The third kappa shape index (κ3) is 3.26. The molecule has 3 atom stereocenters. The van der Waals surface area contributed by atoms with Gasteiger partial charge in [0.1, 0.15) is 11.6 Å². The number of anilines is 1. The lowest BCUT2D eigenvalue weighted by Crippen LogP contribution is -2.29. The molecule has 1 amide bonds. The largest absolute Gasteiger partial charge is 0.419 e. The van der Waals surface area contributed by atoms with Gasteiger partial charge in [-0.3, -0.25) is 4.79 Å². The lowest BCUT2D eigenvalue weighted by Gasteiger charge is -2.19. The lowest BCUT2D eigenvalue weighted by molar-refractivity contribution is -0.137. The fraction of sp³-hybridized carbons (Fsp3) is 0.550. The van der Waals surface area contributed by atoms with Gasteiger partial charge in [-0.15, -0.1) is 0 Å². The smallest absolute Gasteiger partial charge is 0.383 e. The van der Waals surface area contributed by atoms with Crippen molar-refractivity contribution in [1.82, 2.24) is 19.4 Å². The number of alkyl halides is 3. The first-order valence-electron chi connectivity index (χ1n) is 9.88. The highest BCUT2D eigenvalue weighted by molar-refractivity contribution is 5.74. The Morgan fingerprint density at radius 1 is 1.28 bits per heavy atom. The number of imidazole rings is 1. The first-order chi connectivity index (χ1) is 13.7. The summed E-state index contributed by atoms with van der Waals surface area (Å²) >= 11 is 0. The van der Waals surface area contributed by atoms with Gasteiger partial charge in [-0.25, -0.2) is 9.97 Å². The van der Waals surface area contributed by atoms with Gasteiger partial charge in [0.05, 0.1) is 11.3 Å². The van der Waals surface area contributed by atoms with Crippen LogP contribution >= 0.6 is 0 Å². The van der Waals surface area contributed by atoms with Gasteiger partial charge in [-0.2, -0.15) is 13.2 Å². The van der Waals surface area contributed by atoms with Gasteiger partial charge in [-0.05, 0) is 24.8 Å². The van der Waals surface area contributed by atoms with Crippen LogP contribution in [-0.4, -0.2) is 38.4 Å². The van der Waals surface area contributed by atoms with Crippen LogP contribution in [0.1, 0.15) is 37.2 Å². The van der Waals surface area contributed by atoms with Crippen molar-refractivity contribution in [2.24, 2.45) is 17.8 Å². The molecule has 0 radical (unpaired) electrons. The van der Waals surface area contributed by atoms with E-state index in [0.717, 1.165) is 31.4 Å². The van der Waals surface area contributed by atoms with Gasteiger partial charge in [0.15, 0.2) is 0 Å². The van der Waals surface area contributed by atoms with Crippen molar-refractivity contribution in [2.45, 2.75) is 38.4 Å². The predicted octanol–water partition coefficient (Wildman–Crippen LogP) is 3.15. The molecule has 2 aromatic heterocycles. The maximum Gasteiger partial charge on any atom is 0.419 e. The lowest BCUT2D eigenvalue weighted by atomic mass is 10.1. The molecule has 3 fully saturated rings. The number of nitrogens with zero attached hydrogens (tertiary/aromatic N) is 4. The SMILES string of the molecule is CC(=O)N1C[C@@H]2[C@H](C1)[C@@H]2n1cc(-c2cnc(N)c(C(F)(F)F)c2)nc1CC1CC1. The summed E-state index contributed by atoms with van der Waals surface area (Å²) < 4.78 is 41.8. The summed E-state index contributed by atoms with van der Waals surface area (Å²) in [6, 6.07) is 1.30. The monoisotopic (exact) mass is 405 g/mol. The number of pyridine rings is 1. The summed E-state index contributed by atoms with van der Waals surface area (Å²) in [4.78, 5) is 21.9. The van der Waals surface area contributed by atoms with Crippen LogP contribution in [0.15, 0.2) is 18.5 Å². The van der Waals surface area contributed by atoms with Crippen LogP contribution in [0.25, 0.3) is 11.3 Å². The Bertz CT molecular complexity index is 969. The van der Waals surface area contributed by atoms with Gasteiger partial charge in [0, 0.05) is 62.3 Å². The number of carbonyl (C=O) groups is 1. The Hall–Kier alpha value is -2.58. The van der Waals surface area contributed by atoms with E-state index in [2.05, 4.69) is 9.55 Å². The molecule has 2 saturated carbocycles. The van der Waals surface area contributed by atoms with E-state index in [9.17, 15) is 18.0 Å². The van der Waals surface area contributed by atoms with Crippen molar-refractivity contribution < 1.29 is 18.0 Å². The molecule has 9 heteroatoms. The number of carbonyl (C=O) groups excluding carboxylic acids is 1. The first-order valence-corrected chi connectivity index (χ1v) is 9.88. The second-order valence-corrected chi connectivity index (χ2v) is 8.49. The van der Waals surface area contributed by atoms with Crippen molar-refractivity contribution in [3.05, 3.63) is 29.8 Å². The minimum atomic E-state index is -4.56. The molecule has 0 spiro atoms. The molecule has 6 nitrogen and oxygen atoms in total. The van der Waals surface area contributed by atoms with Gasteiger partial charge in [-0.1, -0.05) is 0 Å². The van der Waals surface area contributed by atoms with Crippen LogP contribution in [0.5, 0.6) is 0 Å². The highest BCUT2D eigenvalue weighted by Gasteiger charge is 2.58. The molecular weight excluding hydrogens is 383 g/mol. The molecule has 29 heavy (non-hydrogen) atoms. The molecule has 0 aromatic carbocycles. The molecule has 0 unspecified atom stereocenters. The molecule has 5 rings (SSSR count). The van der Waals surface area contributed by atoms with Gasteiger partial charge < -0.3 is 15.2 Å². The van der Waals surface area contributed by atoms with Crippen molar-refractivity contribution >= 4 is 11.7 Å². The van der Waals surface area contributed by atoms with Crippen molar-refractivity contribution in [2.75, 3.05) is 18.8 Å². The average molecular weight is 405 g/mol. The zero-order valence-corrected chi connectivity index (χ0v) is 16.0. The zero-order valence-electron chi connectivity index (χ0n) is 16.0. The zero-order chi connectivity index (χ0) is 20.5. The highest BCUT2D eigenvalue weighted by atomic mass is 19.4. The van der Waals surface area contributed by atoms with Crippen LogP contribution in [0.3, 0.4) is 0 Å². The second-order valence-electron chi connectivity index (χ2n) is 8.49. The van der Waals surface area contributed by atoms with E-state index >= 15 is 0 Å². The van der Waals surface area contributed by atoms with E-state index in [-0.39, 0.29) is 11.9 Å². The Labute approximate surface area is 165 Å². The molecule has 3 aliphatic rings. The summed E-state index contributed by atoms with van der Waals surface area (Å²) in [5.74, 6) is 1.88. The number of nitrogen functional groups attached to an aromatic ring is 1. The minimum Gasteiger partial charge on any atom is -0.383 e. The molecule has 154 valence electrons. The highest BCUT2D eigenvalue weighted by Crippen LogP contribution is 2.56. The third-order valence-electron chi connectivity index (χ3n) is 6.41. The third-order valence-corrected chi connectivity index (χ3v) is 6.41. The summed E-state index contributed by atoms with van der Waals surface area (Å²) in [5.41, 5.74) is 5.31. The molecule has 3 heterocycles. The normalized spacial score (nSPS) is 25.9.